The van der Waals surface area contributed by atoms with Gasteiger partial charge in [0.2, 0.25) is 0 Å². The molecule has 1 atom stereocenters. The molecule has 1 aliphatic heterocycles. The van der Waals surface area contributed by atoms with Crippen molar-refractivity contribution in [2.24, 2.45) is 0 Å². The van der Waals surface area contributed by atoms with Gasteiger partial charge in [0.15, 0.2) is 9.84 Å². The maximum Gasteiger partial charge on any atom is 0.251 e. The number of amides is 1. The molecule has 1 amide bonds. The molecule has 6 nitrogen and oxygen atoms in total. The van der Waals surface area contributed by atoms with Gasteiger partial charge in [-0.25, -0.2) is 17.5 Å². The summed E-state index contributed by atoms with van der Waals surface area (Å²) in [6, 6.07) is 19.9. The number of rotatable bonds is 5. The fourth-order valence-electron chi connectivity index (χ4n) is 5.06. The maximum atomic E-state index is 13.6. The van der Waals surface area contributed by atoms with Gasteiger partial charge in [-0.05, 0) is 86.2 Å². The topological polar surface area (TPSA) is 81.1 Å². The molecule has 0 spiro atoms. The fourth-order valence-corrected chi connectivity index (χ4v) is 7.15. The molecule has 1 saturated carbocycles. The summed E-state index contributed by atoms with van der Waals surface area (Å²) < 4.78 is 39.3. The number of carbonyl (C=O) groups excluding carboxylic acids is 1. The van der Waals surface area contributed by atoms with Gasteiger partial charge < -0.3 is 5.32 Å². The molecule has 4 aromatic rings. The molecule has 1 N–H and O–H groups in total. The maximum absolute atomic E-state index is 13.6. The lowest BCUT2D eigenvalue weighted by Gasteiger charge is -2.23. The number of nitrogens with one attached hydrogen (secondary N) is 1. The summed E-state index contributed by atoms with van der Waals surface area (Å²) in [5, 5.41) is 8.70. The van der Waals surface area contributed by atoms with Crippen LogP contribution >= 0.6 is 0 Å². The number of benzene rings is 3. The van der Waals surface area contributed by atoms with Crippen molar-refractivity contribution in [2.75, 3.05) is 11.5 Å². The Labute approximate surface area is 209 Å². The molecular formula is C28H26FN3O3S. The molecule has 0 radical (unpaired) electrons. The highest BCUT2D eigenvalue weighted by molar-refractivity contribution is 7.91. The van der Waals surface area contributed by atoms with Crippen molar-refractivity contribution >= 4 is 26.6 Å². The normalized spacial score (nSPS) is 21.1. The number of carbonyl (C=O) groups is 1. The van der Waals surface area contributed by atoms with Crippen LogP contribution in [-0.2, 0) is 9.84 Å². The average Bonchev–Trinajstić information content (AvgIpc) is 3.58. The van der Waals surface area contributed by atoms with Gasteiger partial charge >= 0.3 is 0 Å². The summed E-state index contributed by atoms with van der Waals surface area (Å²) in [5.41, 5.74) is 4.09. The van der Waals surface area contributed by atoms with E-state index in [-0.39, 0.29) is 23.2 Å². The lowest BCUT2D eigenvalue weighted by atomic mass is 10.00. The number of hydrogen-bond acceptors (Lipinski definition) is 4. The summed E-state index contributed by atoms with van der Waals surface area (Å²) in [6.07, 6.45) is 2.79. The zero-order chi connectivity index (χ0) is 25.1. The molecule has 184 valence electrons. The Bertz CT molecular complexity index is 1610. The predicted molar refractivity (Wildman–Crippen MR) is 138 cm³/mol. The van der Waals surface area contributed by atoms with Crippen molar-refractivity contribution in [1.82, 2.24) is 15.1 Å². The number of aromatic nitrogens is 2. The van der Waals surface area contributed by atoms with E-state index >= 15 is 0 Å². The number of hydrogen-bond donors (Lipinski definition) is 1. The van der Waals surface area contributed by atoms with Crippen LogP contribution in [0.2, 0.25) is 0 Å². The Kier molecular flexibility index (Phi) is 5.26. The van der Waals surface area contributed by atoms with Gasteiger partial charge in [-0.15, -0.1) is 0 Å². The quantitative estimate of drug-likeness (QED) is 0.415. The van der Waals surface area contributed by atoms with Gasteiger partial charge in [0, 0.05) is 16.5 Å². The third kappa shape index (κ3) is 4.30. The van der Waals surface area contributed by atoms with E-state index in [9.17, 15) is 17.6 Å². The van der Waals surface area contributed by atoms with E-state index in [1.54, 1.807) is 35.9 Å². The number of sulfone groups is 1. The van der Waals surface area contributed by atoms with E-state index in [1.807, 2.05) is 18.2 Å². The lowest BCUT2D eigenvalue weighted by Crippen LogP contribution is -2.46. The van der Waals surface area contributed by atoms with Crippen LogP contribution in [-0.4, -0.2) is 41.2 Å². The SMILES string of the molecule is CC1(NC(=O)c2ccc3c(-c4cccc(C5CC5)c4)nn(-c4ccc(F)cc4)c3c2)CCS(=O)(=O)C1. The summed E-state index contributed by atoms with van der Waals surface area (Å²) in [5.74, 6) is -0.0635. The number of halogens is 1. The highest BCUT2D eigenvalue weighted by atomic mass is 32.2. The molecule has 2 heterocycles. The lowest BCUT2D eigenvalue weighted by molar-refractivity contribution is 0.0915. The van der Waals surface area contributed by atoms with Gasteiger partial charge in [0.25, 0.3) is 5.91 Å². The third-order valence-electron chi connectivity index (χ3n) is 7.14. The summed E-state index contributed by atoms with van der Waals surface area (Å²) >= 11 is 0. The van der Waals surface area contributed by atoms with Gasteiger partial charge in [-0.2, -0.15) is 5.10 Å². The second-order valence-corrected chi connectivity index (χ2v) is 12.4. The van der Waals surface area contributed by atoms with Crippen molar-refractivity contribution in [3.63, 3.8) is 0 Å². The molecule has 8 heteroatoms. The highest BCUT2D eigenvalue weighted by Crippen LogP contribution is 2.41. The van der Waals surface area contributed by atoms with Gasteiger partial charge in [-0.1, -0.05) is 18.2 Å². The van der Waals surface area contributed by atoms with Gasteiger partial charge in [0.05, 0.1) is 28.2 Å². The van der Waals surface area contributed by atoms with Crippen LogP contribution in [0.4, 0.5) is 4.39 Å². The molecular weight excluding hydrogens is 477 g/mol. The number of nitrogens with zero attached hydrogens (tertiary/aromatic N) is 2. The van der Waals surface area contributed by atoms with Crippen molar-refractivity contribution in [3.8, 4) is 16.9 Å². The molecule has 2 aliphatic rings. The van der Waals surface area contributed by atoms with E-state index < -0.39 is 15.4 Å². The molecule has 1 unspecified atom stereocenters. The van der Waals surface area contributed by atoms with E-state index in [4.69, 9.17) is 5.10 Å². The van der Waals surface area contributed by atoms with Crippen LogP contribution in [0.25, 0.3) is 27.8 Å². The summed E-state index contributed by atoms with van der Waals surface area (Å²) in [6.45, 7) is 1.77. The van der Waals surface area contributed by atoms with E-state index in [0.29, 0.717) is 29.1 Å². The Hall–Kier alpha value is -3.52. The van der Waals surface area contributed by atoms with Crippen LogP contribution in [0, 0.1) is 5.82 Å². The van der Waals surface area contributed by atoms with Crippen LogP contribution in [0.1, 0.15) is 48.0 Å². The molecule has 1 aromatic heterocycles. The first-order valence-corrected chi connectivity index (χ1v) is 13.9. The van der Waals surface area contributed by atoms with Crippen molar-refractivity contribution < 1.29 is 17.6 Å². The Balaban J connectivity index is 1.44. The predicted octanol–water partition coefficient (Wildman–Crippen LogP) is 5.02. The van der Waals surface area contributed by atoms with Crippen LogP contribution < -0.4 is 5.32 Å². The zero-order valence-electron chi connectivity index (χ0n) is 19.9. The average molecular weight is 504 g/mol. The second-order valence-electron chi connectivity index (χ2n) is 10.2. The molecule has 0 bridgehead atoms. The van der Waals surface area contributed by atoms with Crippen LogP contribution in [0.15, 0.2) is 66.7 Å². The standard InChI is InChI=1S/C28H26FN3O3S/c1-28(13-14-36(34,35)17-28)30-27(33)21-7-12-24-25(16-21)32(23-10-8-22(29)9-11-23)31-26(24)20-4-2-3-19(15-20)18-5-6-18/h2-4,7-12,15-16,18H,5-6,13-14,17H2,1H3,(H,30,33). The first kappa shape index (κ1) is 22.9. The minimum atomic E-state index is -3.15. The van der Waals surface area contributed by atoms with E-state index in [1.165, 1.54) is 30.5 Å². The molecule has 36 heavy (non-hydrogen) atoms. The van der Waals surface area contributed by atoms with E-state index in [2.05, 4.69) is 17.4 Å². The van der Waals surface area contributed by atoms with Crippen molar-refractivity contribution in [3.05, 3.63) is 83.7 Å². The van der Waals surface area contributed by atoms with E-state index in [0.717, 1.165) is 16.6 Å². The fraction of sp³-hybridized carbons (Fsp3) is 0.286. The number of fused-ring (bicyclic) bond motifs is 1. The first-order valence-electron chi connectivity index (χ1n) is 12.1. The highest BCUT2D eigenvalue weighted by Gasteiger charge is 2.39. The second kappa shape index (κ2) is 8.27. The minimum Gasteiger partial charge on any atom is -0.346 e. The first-order chi connectivity index (χ1) is 17.2. The Morgan fingerprint density at radius 3 is 2.56 bits per heavy atom. The van der Waals surface area contributed by atoms with Crippen molar-refractivity contribution in [1.29, 1.82) is 0 Å². The van der Waals surface area contributed by atoms with Crippen molar-refractivity contribution in [2.45, 2.75) is 37.6 Å². The van der Waals surface area contributed by atoms with Gasteiger partial charge in [0.1, 0.15) is 11.5 Å². The Morgan fingerprint density at radius 2 is 1.86 bits per heavy atom. The molecule has 2 fully saturated rings. The molecule has 1 aliphatic carbocycles. The monoisotopic (exact) mass is 503 g/mol. The van der Waals surface area contributed by atoms with Gasteiger partial charge in [-0.3, -0.25) is 4.79 Å². The van der Waals surface area contributed by atoms with Crippen LogP contribution in [0.3, 0.4) is 0 Å². The molecule has 6 rings (SSSR count). The zero-order valence-corrected chi connectivity index (χ0v) is 20.7. The van der Waals surface area contributed by atoms with Crippen LogP contribution in [0.5, 0.6) is 0 Å². The third-order valence-corrected chi connectivity index (χ3v) is 9.04. The minimum absolute atomic E-state index is 0.0665. The smallest absolute Gasteiger partial charge is 0.251 e. The summed E-state index contributed by atoms with van der Waals surface area (Å²) in [7, 11) is -3.15. The molecule has 1 saturated heterocycles. The summed E-state index contributed by atoms with van der Waals surface area (Å²) in [4.78, 5) is 13.2. The largest absolute Gasteiger partial charge is 0.346 e. The Morgan fingerprint density at radius 1 is 1.08 bits per heavy atom. The molecule has 3 aromatic carbocycles.